The Morgan fingerprint density at radius 1 is 1.38 bits per heavy atom. The van der Waals surface area contributed by atoms with Gasteiger partial charge in [0, 0.05) is 25.6 Å². The summed E-state index contributed by atoms with van der Waals surface area (Å²) >= 11 is 17.7. The van der Waals surface area contributed by atoms with Gasteiger partial charge in [-0.3, -0.25) is 0 Å². The Morgan fingerprint density at radius 3 is 2.75 bits per heavy atom. The van der Waals surface area contributed by atoms with Crippen molar-refractivity contribution < 1.29 is 5.11 Å². The maximum absolute atomic E-state index is 9.07. The Bertz CT molecular complexity index is 400. The first kappa shape index (κ1) is 12.2. The van der Waals surface area contributed by atoms with E-state index in [1.54, 1.807) is 6.07 Å². The SMILES string of the molecule is OCC1CCN(c2nc(Cl)c(Cl)cc2Cl)C1. The Kier molecular flexibility index (Phi) is 3.80. The Hall–Kier alpha value is -0.220. The monoisotopic (exact) mass is 280 g/mol. The molecule has 2 heterocycles. The lowest BCUT2D eigenvalue weighted by atomic mass is 10.1. The summed E-state index contributed by atoms with van der Waals surface area (Å²) in [6.07, 6.45) is 0.939. The number of aliphatic hydroxyl groups excluding tert-OH is 1. The average molecular weight is 282 g/mol. The zero-order chi connectivity index (χ0) is 11.7. The molecule has 1 aliphatic heterocycles. The molecule has 0 radical (unpaired) electrons. The van der Waals surface area contributed by atoms with Gasteiger partial charge >= 0.3 is 0 Å². The lowest BCUT2D eigenvalue weighted by Gasteiger charge is -2.18. The van der Waals surface area contributed by atoms with Crippen LogP contribution in [-0.2, 0) is 0 Å². The lowest BCUT2D eigenvalue weighted by molar-refractivity contribution is 0.238. The molecule has 1 aliphatic rings. The predicted molar refractivity (Wildman–Crippen MR) is 66.7 cm³/mol. The molecule has 0 saturated carbocycles. The third kappa shape index (κ3) is 2.38. The number of hydrogen-bond acceptors (Lipinski definition) is 3. The Balaban J connectivity index is 2.24. The van der Waals surface area contributed by atoms with E-state index in [4.69, 9.17) is 39.9 Å². The molecule has 2 rings (SSSR count). The van der Waals surface area contributed by atoms with Crippen molar-refractivity contribution >= 4 is 40.6 Å². The summed E-state index contributed by atoms with van der Waals surface area (Å²) < 4.78 is 0. The van der Waals surface area contributed by atoms with Crippen molar-refractivity contribution in [2.75, 3.05) is 24.6 Å². The van der Waals surface area contributed by atoms with Crippen LogP contribution in [0.25, 0.3) is 0 Å². The molecule has 1 fully saturated rings. The summed E-state index contributed by atoms with van der Waals surface area (Å²) in [6.45, 7) is 1.77. The fraction of sp³-hybridized carbons (Fsp3) is 0.500. The molecule has 1 aromatic heterocycles. The van der Waals surface area contributed by atoms with Gasteiger partial charge in [-0.05, 0) is 12.5 Å². The fourth-order valence-electron chi connectivity index (χ4n) is 1.83. The molecule has 1 atom stereocenters. The van der Waals surface area contributed by atoms with E-state index >= 15 is 0 Å². The van der Waals surface area contributed by atoms with E-state index in [1.165, 1.54) is 0 Å². The molecule has 0 amide bonds. The van der Waals surface area contributed by atoms with Gasteiger partial charge in [-0.2, -0.15) is 0 Å². The molecule has 1 unspecified atom stereocenters. The van der Waals surface area contributed by atoms with Crippen LogP contribution in [0.2, 0.25) is 15.2 Å². The van der Waals surface area contributed by atoms with Crippen molar-refractivity contribution in [1.82, 2.24) is 4.98 Å². The minimum absolute atomic E-state index is 0.190. The molecule has 0 aromatic carbocycles. The van der Waals surface area contributed by atoms with Crippen molar-refractivity contribution in [3.8, 4) is 0 Å². The van der Waals surface area contributed by atoms with Crippen molar-refractivity contribution in [1.29, 1.82) is 0 Å². The first-order chi connectivity index (χ1) is 7.61. The maximum atomic E-state index is 9.07. The lowest BCUT2D eigenvalue weighted by Crippen LogP contribution is -2.22. The van der Waals surface area contributed by atoms with Gasteiger partial charge in [0.2, 0.25) is 0 Å². The molecule has 88 valence electrons. The van der Waals surface area contributed by atoms with Gasteiger partial charge in [0.05, 0.1) is 10.0 Å². The Labute approximate surface area is 109 Å². The van der Waals surface area contributed by atoms with Crippen molar-refractivity contribution in [3.63, 3.8) is 0 Å². The minimum atomic E-state index is 0.190. The smallest absolute Gasteiger partial charge is 0.150 e. The van der Waals surface area contributed by atoms with E-state index in [1.807, 2.05) is 4.90 Å². The number of aromatic nitrogens is 1. The van der Waals surface area contributed by atoms with E-state index in [9.17, 15) is 0 Å². The molecule has 16 heavy (non-hydrogen) atoms. The van der Waals surface area contributed by atoms with E-state index in [-0.39, 0.29) is 17.7 Å². The molecule has 1 aromatic rings. The second kappa shape index (κ2) is 4.96. The van der Waals surface area contributed by atoms with Crippen LogP contribution in [0.5, 0.6) is 0 Å². The highest BCUT2D eigenvalue weighted by molar-refractivity contribution is 6.42. The molecular formula is C10H11Cl3N2O. The van der Waals surface area contributed by atoms with Gasteiger partial charge in [-0.1, -0.05) is 34.8 Å². The number of anilines is 1. The quantitative estimate of drug-likeness (QED) is 0.847. The molecule has 0 aliphatic carbocycles. The number of rotatable bonds is 2. The number of nitrogens with zero attached hydrogens (tertiary/aromatic N) is 2. The van der Waals surface area contributed by atoms with Gasteiger partial charge in [0.1, 0.15) is 11.0 Å². The topological polar surface area (TPSA) is 36.4 Å². The van der Waals surface area contributed by atoms with Crippen LogP contribution in [0.1, 0.15) is 6.42 Å². The molecule has 3 nitrogen and oxygen atoms in total. The second-order valence-electron chi connectivity index (χ2n) is 3.85. The average Bonchev–Trinajstić information content (AvgIpc) is 2.71. The first-order valence-electron chi connectivity index (χ1n) is 4.99. The van der Waals surface area contributed by atoms with Crippen LogP contribution in [0.4, 0.5) is 5.82 Å². The second-order valence-corrected chi connectivity index (χ2v) is 5.02. The maximum Gasteiger partial charge on any atom is 0.150 e. The van der Waals surface area contributed by atoms with Gasteiger partial charge in [0.25, 0.3) is 0 Å². The molecular weight excluding hydrogens is 270 g/mol. The normalized spacial score (nSPS) is 20.5. The van der Waals surface area contributed by atoms with Crippen LogP contribution >= 0.6 is 34.8 Å². The number of pyridine rings is 1. The highest BCUT2D eigenvalue weighted by atomic mass is 35.5. The van der Waals surface area contributed by atoms with Crippen LogP contribution in [0.3, 0.4) is 0 Å². The van der Waals surface area contributed by atoms with E-state index < -0.39 is 0 Å². The fourth-order valence-corrected chi connectivity index (χ4v) is 2.44. The zero-order valence-corrected chi connectivity index (χ0v) is 10.7. The van der Waals surface area contributed by atoms with E-state index in [0.717, 1.165) is 19.5 Å². The van der Waals surface area contributed by atoms with Gasteiger partial charge in [-0.25, -0.2) is 4.98 Å². The third-order valence-electron chi connectivity index (χ3n) is 2.71. The number of hydrogen-bond donors (Lipinski definition) is 1. The van der Waals surface area contributed by atoms with Crippen LogP contribution < -0.4 is 4.90 Å². The Morgan fingerprint density at radius 2 is 2.12 bits per heavy atom. The van der Waals surface area contributed by atoms with E-state index in [0.29, 0.717) is 15.9 Å². The van der Waals surface area contributed by atoms with Crippen molar-refractivity contribution in [2.45, 2.75) is 6.42 Å². The highest BCUT2D eigenvalue weighted by Crippen LogP contribution is 2.33. The van der Waals surface area contributed by atoms with E-state index in [2.05, 4.69) is 4.98 Å². The number of aliphatic hydroxyl groups is 1. The zero-order valence-electron chi connectivity index (χ0n) is 8.46. The summed E-state index contributed by atoms with van der Waals surface area (Å²) in [4.78, 5) is 6.19. The molecule has 6 heteroatoms. The molecule has 1 saturated heterocycles. The number of halogens is 3. The van der Waals surface area contributed by atoms with Crippen LogP contribution in [0, 0.1) is 5.92 Å². The van der Waals surface area contributed by atoms with Crippen LogP contribution in [0.15, 0.2) is 6.07 Å². The summed E-state index contributed by atoms with van der Waals surface area (Å²) in [5, 5.41) is 10.2. The van der Waals surface area contributed by atoms with Crippen molar-refractivity contribution in [2.24, 2.45) is 5.92 Å². The summed E-state index contributed by atoms with van der Waals surface area (Å²) in [5.41, 5.74) is 0. The summed E-state index contributed by atoms with van der Waals surface area (Å²) in [6, 6.07) is 1.60. The third-order valence-corrected chi connectivity index (χ3v) is 3.66. The van der Waals surface area contributed by atoms with Crippen LogP contribution in [-0.4, -0.2) is 29.8 Å². The molecule has 0 spiro atoms. The summed E-state index contributed by atoms with van der Waals surface area (Å²) in [5.74, 6) is 0.930. The highest BCUT2D eigenvalue weighted by Gasteiger charge is 2.25. The minimum Gasteiger partial charge on any atom is -0.396 e. The molecule has 1 N–H and O–H groups in total. The van der Waals surface area contributed by atoms with Crippen molar-refractivity contribution in [3.05, 3.63) is 21.3 Å². The molecule has 0 bridgehead atoms. The van der Waals surface area contributed by atoms with Gasteiger partial charge < -0.3 is 10.0 Å². The van der Waals surface area contributed by atoms with Gasteiger partial charge in [-0.15, -0.1) is 0 Å². The standard InChI is InChI=1S/C10H11Cl3N2O/c11-7-3-8(12)10(14-9(7)13)15-2-1-6(4-15)5-16/h3,6,16H,1-2,4-5H2. The summed E-state index contributed by atoms with van der Waals surface area (Å²) in [7, 11) is 0. The first-order valence-corrected chi connectivity index (χ1v) is 6.12. The largest absolute Gasteiger partial charge is 0.396 e. The predicted octanol–water partition coefficient (Wildman–Crippen LogP) is 2.86. The van der Waals surface area contributed by atoms with Gasteiger partial charge in [0.15, 0.2) is 0 Å².